The van der Waals surface area contributed by atoms with Crippen LogP contribution in [0, 0.1) is 0 Å². The van der Waals surface area contributed by atoms with Crippen LogP contribution in [0.3, 0.4) is 0 Å². The number of nitrogens with zero attached hydrogens (tertiary/aromatic N) is 2. The van der Waals surface area contributed by atoms with Gasteiger partial charge in [0.1, 0.15) is 12.1 Å². The Bertz CT molecular complexity index is 537. The average molecular weight is 304 g/mol. The minimum Gasteiger partial charge on any atom is -0.444 e. The van der Waals surface area contributed by atoms with Crippen molar-refractivity contribution in [3.8, 4) is 0 Å². The lowest BCUT2D eigenvalue weighted by atomic mass is 10.1. The van der Waals surface area contributed by atoms with Gasteiger partial charge in [-0.1, -0.05) is 30.3 Å². The first kappa shape index (κ1) is 16.3. The van der Waals surface area contributed by atoms with Gasteiger partial charge in [-0.15, -0.1) is 0 Å². The van der Waals surface area contributed by atoms with Gasteiger partial charge in [0.05, 0.1) is 6.04 Å². The normalized spacial score (nSPS) is 19.3. The van der Waals surface area contributed by atoms with Crippen molar-refractivity contribution in [1.82, 2.24) is 9.80 Å². The van der Waals surface area contributed by atoms with Crippen LogP contribution in [-0.2, 0) is 16.1 Å². The number of benzene rings is 1. The maximum atomic E-state index is 12.3. The highest BCUT2D eigenvalue weighted by molar-refractivity contribution is 5.84. The number of carbonyl (C=O) groups excluding carboxylic acids is 2. The molecule has 1 aromatic carbocycles. The highest BCUT2D eigenvalue weighted by atomic mass is 16.6. The van der Waals surface area contributed by atoms with Gasteiger partial charge < -0.3 is 9.64 Å². The fourth-order valence-electron chi connectivity index (χ4n) is 2.44. The third-order valence-electron chi connectivity index (χ3n) is 3.52. The van der Waals surface area contributed by atoms with Crippen molar-refractivity contribution in [1.29, 1.82) is 0 Å². The summed E-state index contributed by atoms with van der Waals surface area (Å²) in [7, 11) is 0. The lowest BCUT2D eigenvalue weighted by molar-refractivity contribution is -0.138. The molecule has 0 N–H and O–H groups in total. The van der Waals surface area contributed by atoms with E-state index in [1.807, 2.05) is 58.0 Å². The van der Waals surface area contributed by atoms with Crippen LogP contribution in [0.15, 0.2) is 30.3 Å². The largest absolute Gasteiger partial charge is 0.444 e. The number of ether oxygens (including phenoxy) is 1. The van der Waals surface area contributed by atoms with Gasteiger partial charge in [-0.3, -0.25) is 9.69 Å². The van der Waals surface area contributed by atoms with Gasteiger partial charge in [0.2, 0.25) is 5.91 Å². The van der Waals surface area contributed by atoms with Crippen LogP contribution in [0.25, 0.3) is 0 Å². The van der Waals surface area contributed by atoms with E-state index in [2.05, 4.69) is 0 Å². The monoisotopic (exact) mass is 304 g/mol. The van der Waals surface area contributed by atoms with E-state index < -0.39 is 11.7 Å². The first-order chi connectivity index (χ1) is 10.3. The molecule has 1 fully saturated rings. The van der Waals surface area contributed by atoms with Crippen LogP contribution in [0.2, 0.25) is 0 Å². The minimum absolute atomic E-state index is 0.0483. The van der Waals surface area contributed by atoms with E-state index >= 15 is 0 Å². The first-order valence-corrected chi connectivity index (χ1v) is 7.57. The van der Waals surface area contributed by atoms with Gasteiger partial charge in [-0.2, -0.15) is 0 Å². The Morgan fingerprint density at radius 2 is 1.91 bits per heavy atom. The van der Waals surface area contributed by atoms with Crippen LogP contribution in [0.5, 0.6) is 0 Å². The fraction of sp³-hybridized carbons (Fsp3) is 0.529. The molecule has 1 aliphatic rings. The quantitative estimate of drug-likeness (QED) is 0.844. The Hall–Kier alpha value is -2.04. The molecule has 5 nitrogen and oxygen atoms in total. The number of amides is 2. The van der Waals surface area contributed by atoms with Gasteiger partial charge in [0, 0.05) is 13.1 Å². The van der Waals surface area contributed by atoms with Gasteiger partial charge in [-0.05, 0) is 33.3 Å². The predicted octanol–water partition coefficient (Wildman–Crippen LogP) is 2.65. The van der Waals surface area contributed by atoms with Gasteiger partial charge in [-0.25, -0.2) is 4.79 Å². The molecule has 1 saturated heterocycles. The number of rotatable bonds is 2. The van der Waals surface area contributed by atoms with Crippen molar-refractivity contribution < 1.29 is 14.3 Å². The summed E-state index contributed by atoms with van der Waals surface area (Å²) in [6.07, 6.45) is -0.423. The zero-order chi connectivity index (χ0) is 16.3. The smallest absolute Gasteiger partial charge is 0.411 e. The highest BCUT2D eigenvalue weighted by Gasteiger charge is 2.34. The van der Waals surface area contributed by atoms with E-state index in [9.17, 15) is 9.59 Å². The Morgan fingerprint density at radius 3 is 2.50 bits per heavy atom. The van der Waals surface area contributed by atoms with E-state index in [-0.39, 0.29) is 18.5 Å². The molecular formula is C17H24N2O3. The van der Waals surface area contributed by atoms with Crippen molar-refractivity contribution in [3.05, 3.63) is 35.9 Å². The van der Waals surface area contributed by atoms with Crippen molar-refractivity contribution in [2.45, 2.75) is 45.9 Å². The Balaban J connectivity index is 2.00. The number of carbonyl (C=O) groups is 2. The maximum Gasteiger partial charge on any atom is 0.411 e. The molecule has 0 unspecified atom stereocenters. The molecule has 1 aromatic rings. The molecule has 22 heavy (non-hydrogen) atoms. The van der Waals surface area contributed by atoms with Crippen molar-refractivity contribution in [2.24, 2.45) is 0 Å². The van der Waals surface area contributed by atoms with Crippen LogP contribution in [-0.4, -0.2) is 46.5 Å². The van der Waals surface area contributed by atoms with Crippen molar-refractivity contribution in [3.63, 3.8) is 0 Å². The zero-order valence-corrected chi connectivity index (χ0v) is 13.7. The molecule has 0 radical (unpaired) electrons. The summed E-state index contributed by atoms with van der Waals surface area (Å²) in [6, 6.07) is 9.81. The van der Waals surface area contributed by atoms with E-state index in [0.29, 0.717) is 13.1 Å². The second kappa shape index (κ2) is 6.38. The lowest BCUT2D eigenvalue weighted by Crippen LogP contribution is -2.57. The summed E-state index contributed by atoms with van der Waals surface area (Å²) in [4.78, 5) is 27.8. The predicted molar refractivity (Wildman–Crippen MR) is 84.3 cm³/mol. The van der Waals surface area contributed by atoms with Crippen LogP contribution in [0.1, 0.15) is 33.3 Å². The van der Waals surface area contributed by atoms with Crippen molar-refractivity contribution >= 4 is 12.0 Å². The molecule has 120 valence electrons. The summed E-state index contributed by atoms with van der Waals surface area (Å²) < 4.78 is 5.37. The molecule has 1 heterocycles. The molecule has 0 aliphatic carbocycles. The van der Waals surface area contributed by atoms with E-state index in [1.165, 1.54) is 4.90 Å². The SMILES string of the molecule is C[C@H]1CN(Cc2ccccc2)C(=O)CN1C(=O)OC(C)(C)C. The van der Waals surface area contributed by atoms with E-state index in [4.69, 9.17) is 4.74 Å². The Kier molecular flexibility index (Phi) is 4.74. The molecule has 0 spiro atoms. The maximum absolute atomic E-state index is 12.3. The zero-order valence-electron chi connectivity index (χ0n) is 13.7. The van der Waals surface area contributed by atoms with Gasteiger partial charge >= 0.3 is 6.09 Å². The molecular weight excluding hydrogens is 280 g/mol. The fourth-order valence-corrected chi connectivity index (χ4v) is 2.44. The molecule has 0 bridgehead atoms. The number of hydrogen-bond acceptors (Lipinski definition) is 3. The Morgan fingerprint density at radius 1 is 1.27 bits per heavy atom. The number of piperazine rings is 1. The van der Waals surface area contributed by atoms with Crippen LogP contribution in [0.4, 0.5) is 4.79 Å². The van der Waals surface area contributed by atoms with Crippen molar-refractivity contribution in [2.75, 3.05) is 13.1 Å². The molecule has 1 aliphatic heterocycles. The summed E-state index contributed by atoms with van der Waals surface area (Å²) in [5.74, 6) is -0.0483. The summed E-state index contributed by atoms with van der Waals surface area (Å²) in [6.45, 7) is 8.57. The summed E-state index contributed by atoms with van der Waals surface area (Å²) in [5.41, 5.74) is 0.537. The van der Waals surface area contributed by atoms with Crippen LogP contribution >= 0.6 is 0 Å². The Labute approximate surface area is 131 Å². The highest BCUT2D eigenvalue weighted by Crippen LogP contribution is 2.17. The van der Waals surface area contributed by atoms with Crippen LogP contribution < -0.4 is 0 Å². The molecule has 2 amide bonds. The van der Waals surface area contributed by atoms with E-state index in [1.54, 1.807) is 4.90 Å². The minimum atomic E-state index is -0.555. The lowest BCUT2D eigenvalue weighted by Gasteiger charge is -2.39. The molecule has 5 heteroatoms. The molecule has 2 rings (SSSR count). The molecule has 0 saturated carbocycles. The topological polar surface area (TPSA) is 49.9 Å². The average Bonchev–Trinajstić information content (AvgIpc) is 2.41. The first-order valence-electron chi connectivity index (χ1n) is 7.57. The second-order valence-electron chi connectivity index (χ2n) is 6.72. The third-order valence-corrected chi connectivity index (χ3v) is 3.52. The summed E-state index contributed by atoms with van der Waals surface area (Å²) in [5, 5.41) is 0. The van der Waals surface area contributed by atoms with E-state index in [0.717, 1.165) is 5.56 Å². The molecule has 0 aromatic heterocycles. The van der Waals surface area contributed by atoms with Gasteiger partial charge in [0.25, 0.3) is 0 Å². The third kappa shape index (κ3) is 4.23. The standard InChI is InChI=1S/C17H24N2O3/c1-13-10-18(11-14-8-6-5-7-9-14)15(20)12-19(13)16(21)22-17(2,3)4/h5-9,13H,10-12H2,1-4H3/t13-/m0/s1. The number of hydrogen-bond donors (Lipinski definition) is 0. The van der Waals surface area contributed by atoms with Gasteiger partial charge in [0.15, 0.2) is 0 Å². The summed E-state index contributed by atoms with van der Waals surface area (Å²) >= 11 is 0. The molecule has 1 atom stereocenters. The second-order valence-corrected chi connectivity index (χ2v) is 6.72.